The number of nitrogens with zero attached hydrogens (tertiary/aromatic N) is 4. The molecule has 0 saturated carbocycles. The highest BCUT2D eigenvalue weighted by Gasteiger charge is 2.37. The van der Waals surface area contributed by atoms with Crippen LogP contribution in [0.2, 0.25) is 0 Å². The van der Waals surface area contributed by atoms with Crippen molar-refractivity contribution in [2.45, 2.75) is 19.3 Å². The summed E-state index contributed by atoms with van der Waals surface area (Å²) < 4.78 is 2.21. The van der Waals surface area contributed by atoms with Crippen LogP contribution in [0.4, 0.5) is 0 Å². The fraction of sp³-hybridized carbons (Fsp3) is 0.0455. The summed E-state index contributed by atoms with van der Waals surface area (Å²) in [6, 6.07) is 63.3. The Kier molecular flexibility index (Phi) is 9.69. The zero-order valence-electron chi connectivity index (χ0n) is 38.4. The van der Waals surface area contributed by atoms with Crippen LogP contribution in [0.3, 0.4) is 0 Å². The highest BCUT2D eigenvalue weighted by atomic mass is 15.2. The Morgan fingerprint density at radius 1 is 0.357 bits per heavy atom. The van der Waals surface area contributed by atoms with Crippen LogP contribution in [-0.4, -0.2) is 19.5 Å². The molecule has 70 heavy (non-hydrogen) atoms. The second kappa shape index (κ2) is 16.3. The molecule has 0 N–H and O–H groups in total. The van der Waals surface area contributed by atoms with E-state index in [1.807, 2.05) is 97.1 Å². The number of hydrogen-bond acceptors (Lipinski definition) is 3. The summed E-state index contributed by atoms with van der Waals surface area (Å²) in [7, 11) is 0. The molecule has 11 aromatic rings. The number of hydrogen-bond donors (Lipinski definition) is 0. The maximum Gasteiger partial charge on any atom is 0.238 e. The highest BCUT2D eigenvalue weighted by molar-refractivity contribution is 6.12. The third-order valence-electron chi connectivity index (χ3n) is 14.0. The lowest BCUT2D eigenvalue weighted by Crippen LogP contribution is -2.15. The van der Waals surface area contributed by atoms with E-state index in [9.17, 15) is 0 Å². The van der Waals surface area contributed by atoms with Gasteiger partial charge in [0.05, 0.1) is 11.0 Å². The van der Waals surface area contributed by atoms with E-state index in [4.69, 9.17) is 40.6 Å². The fourth-order valence-corrected chi connectivity index (χ4v) is 10.4. The van der Waals surface area contributed by atoms with Gasteiger partial charge in [-0.1, -0.05) is 159 Å². The molecular weight excluding hydrogens is 849 g/mol. The lowest BCUT2D eigenvalue weighted by molar-refractivity contribution is 0.661. The maximum absolute atomic E-state index is 6.01. The van der Waals surface area contributed by atoms with Crippen molar-refractivity contribution in [3.63, 3.8) is 0 Å². The van der Waals surface area contributed by atoms with Gasteiger partial charge in [0.25, 0.3) is 0 Å². The second-order valence-corrected chi connectivity index (χ2v) is 18.2. The molecule has 9 aromatic carbocycles. The van der Waals surface area contributed by atoms with E-state index in [1.54, 1.807) is 0 Å². The van der Waals surface area contributed by atoms with Gasteiger partial charge < -0.3 is 0 Å². The minimum atomic E-state index is -0.366. The number of para-hydroxylation sites is 1. The summed E-state index contributed by atoms with van der Waals surface area (Å²) in [5.74, 6) is 12.9. The van der Waals surface area contributed by atoms with Crippen LogP contribution in [0.5, 0.6) is 0 Å². The van der Waals surface area contributed by atoms with Gasteiger partial charge in [-0.3, -0.25) is 4.57 Å². The number of rotatable bonds is 6. The Balaban J connectivity index is 1.04. The minimum absolute atomic E-state index is 0.366. The number of benzene rings is 9. The van der Waals surface area contributed by atoms with Crippen molar-refractivity contribution in [2.24, 2.45) is 0 Å². The van der Waals surface area contributed by atoms with Gasteiger partial charge in [0.1, 0.15) is 0 Å². The summed E-state index contributed by atoms with van der Waals surface area (Å²) in [4.78, 5) is 15.4. The van der Waals surface area contributed by atoms with Gasteiger partial charge in [-0.05, 0) is 127 Å². The van der Waals surface area contributed by atoms with Crippen LogP contribution in [0.25, 0.3) is 106 Å². The summed E-state index contributed by atoms with van der Waals surface area (Å²) in [5.41, 5.74) is 17.3. The molecule has 0 bridgehead atoms. The van der Waals surface area contributed by atoms with Crippen molar-refractivity contribution in [3.05, 3.63) is 215 Å². The van der Waals surface area contributed by atoms with Crippen molar-refractivity contribution >= 4 is 32.6 Å². The Labute approximate surface area is 407 Å². The monoisotopic (exact) mass is 888 g/mol. The zero-order valence-corrected chi connectivity index (χ0v) is 38.4. The van der Waals surface area contributed by atoms with Crippen LogP contribution >= 0.6 is 0 Å². The van der Waals surface area contributed by atoms with Gasteiger partial charge in [0.2, 0.25) is 5.95 Å². The largest absolute Gasteiger partial charge is 0.278 e. The van der Waals surface area contributed by atoms with Gasteiger partial charge in [-0.2, -0.15) is 9.97 Å². The van der Waals surface area contributed by atoms with Crippen molar-refractivity contribution in [3.8, 4) is 123 Å². The Hall–Kier alpha value is -9.71. The molecule has 4 heteroatoms. The Morgan fingerprint density at radius 3 is 1.60 bits per heavy atom. The summed E-state index contributed by atoms with van der Waals surface area (Å²) >= 11 is 0. The molecule has 0 spiro atoms. The minimum Gasteiger partial charge on any atom is -0.278 e. The highest BCUT2D eigenvalue weighted by Crippen LogP contribution is 2.52. The molecule has 1 aliphatic rings. The van der Waals surface area contributed by atoms with Crippen LogP contribution in [0.15, 0.2) is 182 Å². The van der Waals surface area contributed by atoms with Gasteiger partial charge in [0, 0.05) is 49.6 Å². The van der Waals surface area contributed by atoms with E-state index in [0.717, 1.165) is 77.1 Å². The molecule has 0 unspecified atom stereocenters. The van der Waals surface area contributed by atoms with Crippen LogP contribution in [0, 0.1) is 49.4 Å². The molecule has 2 aromatic heterocycles. The van der Waals surface area contributed by atoms with E-state index in [1.165, 1.54) is 22.3 Å². The summed E-state index contributed by atoms with van der Waals surface area (Å²) in [6.45, 7) is 4.66. The molecule has 0 saturated heterocycles. The topological polar surface area (TPSA) is 43.6 Å². The van der Waals surface area contributed by atoms with E-state index >= 15 is 0 Å². The molecule has 4 nitrogen and oxygen atoms in total. The van der Waals surface area contributed by atoms with Crippen LogP contribution in [-0.2, 0) is 5.41 Å². The Bertz CT molecular complexity index is 4120. The molecule has 0 fully saturated rings. The second-order valence-electron chi connectivity index (χ2n) is 18.2. The smallest absolute Gasteiger partial charge is 0.238 e. The first kappa shape index (κ1) is 41.7. The first-order valence-corrected chi connectivity index (χ1v) is 23.1. The molecule has 2 heterocycles. The average Bonchev–Trinajstić information content (AvgIpc) is 3.86. The van der Waals surface area contributed by atoms with Crippen molar-refractivity contribution in [1.82, 2.24) is 19.5 Å². The first-order chi connectivity index (χ1) is 34.3. The molecular formula is C66H40N4. The van der Waals surface area contributed by atoms with Crippen molar-refractivity contribution < 1.29 is 0 Å². The molecule has 12 rings (SSSR count). The van der Waals surface area contributed by atoms with Crippen molar-refractivity contribution in [1.29, 1.82) is 0 Å². The fourth-order valence-electron chi connectivity index (χ4n) is 10.4. The van der Waals surface area contributed by atoms with Gasteiger partial charge in [0.15, 0.2) is 11.6 Å². The quantitative estimate of drug-likeness (QED) is 0.156. The SMILES string of the molecule is C#Cc1ccc(-c2cc(-c3ccc(C#C)c(C#C)c3)c3cccc(-c4ccc5c(c4)C(C)(C)c4cc6c(cc4-5)c4ccccc4n6-c4nc(-c5ccccc5)nc(-c5ccccc5)n4)c3c2)cc1C#C. The molecule has 0 amide bonds. The van der Waals surface area contributed by atoms with E-state index in [2.05, 4.69) is 127 Å². The molecule has 0 radical (unpaired) electrons. The van der Waals surface area contributed by atoms with Crippen LogP contribution in [0.1, 0.15) is 47.2 Å². The third kappa shape index (κ3) is 6.60. The zero-order chi connectivity index (χ0) is 47.7. The lowest BCUT2D eigenvalue weighted by atomic mass is 9.81. The Morgan fingerprint density at radius 2 is 0.929 bits per heavy atom. The number of fused-ring (bicyclic) bond motifs is 7. The van der Waals surface area contributed by atoms with E-state index in [0.29, 0.717) is 39.9 Å². The normalized spacial score (nSPS) is 12.2. The summed E-state index contributed by atoms with van der Waals surface area (Å²) in [6.07, 6.45) is 23.7. The predicted octanol–water partition coefficient (Wildman–Crippen LogP) is 14.7. The average molecular weight is 889 g/mol. The standard InChI is InChI=1S/C66H40N4/c1-7-41-28-30-47(34-43(41)9-3)50-36-55(48-31-29-42(8-2)44(10-4)35-48)52-26-19-25-51(56(52)37-50)49-32-33-53-57-39-58-54-24-17-18-27-61(54)70(62(58)40-60(57)66(5,6)59(53)38-49)65-68-63(45-20-13-11-14-21-45)67-64(69-65)46-22-15-12-16-23-46/h1-4,11-40H,5-6H3. The van der Waals surface area contributed by atoms with Gasteiger partial charge in [-0.25, -0.2) is 4.98 Å². The summed E-state index contributed by atoms with van der Waals surface area (Å²) in [5, 5.41) is 4.42. The molecule has 0 atom stereocenters. The van der Waals surface area contributed by atoms with Gasteiger partial charge in [-0.15, -0.1) is 25.7 Å². The molecule has 324 valence electrons. The van der Waals surface area contributed by atoms with E-state index in [-0.39, 0.29) is 5.41 Å². The molecule has 1 aliphatic carbocycles. The number of terminal acetylenes is 4. The predicted molar refractivity (Wildman–Crippen MR) is 288 cm³/mol. The van der Waals surface area contributed by atoms with Crippen molar-refractivity contribution in [2.75, 3.05) is 0 Å². The third-order valence-corrected chi connectivity index (χ3v) is 14.0. The molecule has 0 aliphatic heterocycles. The lowest BCUT2D eigenvalue weighted by Gasteiger charge is -2.23. The van der Waals surface area contributed by atoms with Gasteiger partial charge >= 0.3 is 0 Å². The number of aromatic nitrogens is 4. The van der Waals surface area contributed by atoms with Crippen LogP contribution < -0.4 is 0 Å². The van der Waals surface area contributed by atoms with E-state index < -0.39 is 0 Å². The maximum atomic E-state index is 6.01. The first-order valence-electron chi connectivity index (χ1n) is 23.1.